The fourth-order valence-corrected chi connectivity index (χ4v) is 9.69. The number of rotatable bonds is 60. The molecular formula is C72H125NO8P+. The van der Waals surface area contributed by atoms with Gasteiger partial charge < -0.3 is 18.9 Å². The maximum atomic E-state index is 12.9. The number of carbonyl (C=O) groups excluding carboxylic acids is 2. The van der Waals surface area contributed by atoms with Crippen molar-refractivity contribution < 1.29 is 42.1 Å². The van der Waals surface area contributed by atoms with Crippen LogP contribution in [0.25, 0.3) is 0 Å². The normalized spacial score (nSPS) is 14.0. The van der Waals surface area contributed by atoms with Crippen LogP contribution in [0.3, 0.4) is 0 Å². The third-order valence-corrected chi connectivity index (χ3v) is 15.0. The molecule has 0 fully saturated rings. The van der Waals surface area contributed by atoms with Crippen LogP contribution in [0, 0.1) is 0 Å². The molecule has 0 rings (SSSR count). The first kappa shape index (κ1) is 78.4. The summed E-state index contributed by atoms with van der Waals surface area (Å²) in [5, 5.41) is 0. The van der Waals surface area contributed by atoms with Gasteiger partial charge in [0.1, 0.15) is 19.8 Å². The summed E-state index contributed by atoms with van der Waals surface area (Å²) in [5.41, 5.74) is 0. The van der Waals surface area contributed by atoms with Gasteiger partial charge in [-0.05, 0) is 103 Å². The van der Waals surface area contributed by atoms with Gasteiger partial charge in [0.25, 0.3) is 0 Å². The number of quaternary nitrogens is 1. The van der Waals surface area contributed by atoms with E-state index in [0.717, 1.165) is 116 Å². The fourth-order valence-electron chi connectivity index (χ4n) is 8.95. The van der Waals surface area contributed by atoms with Gasteiger partial charge in [0, 0.05) is 12.8 Å². The van der Waals surface area contributed by atoms with Gasteiger partial charge in [0.15, 0.2) is 6.10 Å². The predicted molar refractivity (Wildman–Crippen MR) is 353 cm³/mol. The van der Waals surface area contributed by atoms with Crippen molar-refractivity contribution in [3.8, 4) is 0 Å². The lowest BCUT2D eigenvalue weighted by atomic mass is 10.0. The number of hydrogen-bond acceptors (Lipinski definition) is 7. The Morgan fingerprint density at radius 1 is 0.378 bits per heavy atom. The SMILES string of the molecule is CC/C=C\C/C=C\C/C=C\C/C=C\C/C=C\C/C=C\CCCCCCCCCCCCCCCCCCCCCCC(=O)OC(COC(=O)CCCCCCCC/C=C\C/C=C\C/C=C\C/C=C\CC)COP(=O)(O)OCC[N+](C)(C)C. The Hall–Kier alpha value is -3.59. The molecular weight excluding hydrogens is 1040 g/mol. The van der Waals surface area contributed by atoms with Crippen molar-refractivity contribution in [2.75, 3.05) is 47.5 Å². The topological polar surface area (TPSA) is 108 Å². The minimum Gasteiger partial charge on any atom is -0.462 e. The molecule has 2 unspecified atom stereocenters. The lowest BCUT2D eigenvalue weighted by Gasteiger charge is -2.24. The molecule has 10 heteroatoms. The summed E-state index contributed by atoms with van der Waals surface area (Å²) >= 11 is 0. The van der Waals surface area contributed by atoms with E-state index in [0.29, 0.717) is 17.4 Å². The molecule has 9 nitrogen and oxygen atoms in total. The summed E-state index contributed by atoms with van der Waals surface area (Å²) in [5.74, 6) is -0.811. The van der Waals surface area contributed by atoms with Gasteiger partial charge in [0.05, 0.1) is 27.7 Å². The van der Waals surface area contributed by atoms with E-state index < -0.39 is 26.5 Å². The third-order valence-electron chi connectivity index (χ3n) is 14.0. The number of hydrogen-bond donors (Lipinski definition) is 1. The summed E-state index contributed by atoms with van der Waals surface area (Å²) in [6.45, 7) is 4.20. The van der Waals surface area contributed by atoms with Gasteiger partial charge in [-0.3, -0.25) is 18.6 Å². The van der Waals surface area contributed by atoms with Gasteiger partial charge in [-0.15, -0.1) is 0 Å². The number of unbranched alkanes of at least 4 members (excludes halogenated alkanes) is 26. The Kier molecular flexibility index (Phi) is 59.2. The first-order valence-corrected chi connectivity index (χ1v) is 34.8. The number of phosphoric acid groups is 1. The highest BCUT2D eigenvalue weighted by Gasteiger charge is 2.27. The van der Waals surface area contributed by atoms with Crippen molar-refractivity contribution in [1.29, 1.82) is 0 Å². The zero-order valence-electron chi connectivity index (χ0n) is 53.4. The molecule has 0 aliphatic rings. The summed E-state index contributed by atoms with van der Waals surface area (Å²) < 4.78 is 34.6. The zero-order valence-corrected chi connectivity index (χ0v) is 54.3. The number of ether oxygens (including phenoxy) is 2. The molecule has 1 N–H and O–H groups in total. The lowest BCUT2D eigenvalue weighted by molar-refractivity contribution is -0.870. The molecule has 0 aliphatic carbocycles. The summed E-state index contributed by atoms with van der Waals surface area (Å²) in [6.07, 6.45) is 88.7. The maximum absolute atomic E-state index is 12.9. The quantitative estimate of drug-likeness (QED) is 0.0211. The molecule has 0 spiro atoms. The molecule has 82 heavy (non-hydrogen) atoms. The molecule has 2 atom stereocenters. The first-order chi connectivity index (χ1) is 40.0. The minimum atomic E-state index is -4.40. The number of phosphoric ester groups is 1. The third kappa shape index (κ3) is 65.6. The predicted octanol–water partition coefficient (Wildman–Crippen LogP) is 21.5. The van der Waals surface area contributed by atoms with Crippen LogP contribution in [-0.2, 0) is 32.7 Å². The molecule has 0 aromatic heterocycles. The van der Waals surface area contributed by atoms with Crippen molar-refractivity contribution in [2.45, 2.75) is 277 Å². The van der Waals surface area contributed by atoms with Crippen LogP contribution in [0.2, 0.25) is 0 Å². The van der Waals surface area contributed by atoms with Crippen LogP contribution >= 0.6 is 7.82 Å². The van der Waals surface area contributed by atoms with E-state index >= 15 is 0 Å². The van der Waals surface area contributed by atoms with Crippen molar-refractivity contribution in [1.82, 2.24) is 0 Å². The highest BCUT2D eigenvalue weighted by molar-refractivity contribution is 7.47. The maximum Gasteiger partial charge on any atom is 0.472 e. The Balaban J connectivity index is 4.00. The lowest BCUT2D eigenvalue weighted by Crippen LogP contribution is -2.37. The standard InChI is InChI=1S/C72H124NO8P/c1-6-8-10-12-14-16-18-20-22-24-26-27-28-29-30-31-32-33-34-35-36-37-38-39-40-41-42-43-44-45-47-49-51-53-55-57-59-61-63-65-72(75)81-70(69-80-82(76,77)79-67-66-73(3,4)5)68-78-71(74)64-62-60-58-56-54-52-50-48-46-25-23-21-19-17-15-13-11-9-7-2/h8-11,14-17,20-23,26-27,29-30,32-33,46,48,70H,6-7,12-13,18-19,24-25,28,31,34-45,47,49-69H2,1-5H3/p+1/b10-8-,11-9-,16-14-,17-15-,22-20-,23-21-,27-26-,30-29-,33-32-,48-46-. The molecule has 0 radical (unpaired) electrons. The van der Waals surface area contributed by atoms with Gasteiger partial charge >= 0.3 is 19.8 Å². The first-order valence-electron chi connectivity index (χ1n) is 33.3. The molecule has 0 bridgehead atoms. The number of likely N-dealkylation sites (N-methyl/N-ethyl adjacent to an activating group) is 1. The van der Waals surface area contributed by atoms with Crippen LogP contribution in [0.5, 0.6) is 0 Å². The Labute approximate surface area is 505 Å². The average molecular weight is 1160 g/mol. The summed E-state index contributed by atoms with van der Waals surface area (Å²) in [4.78, 5) is 35.8. The van der Waals surface area contributed by atoms with Crippen molar-refractivity contribution in [3.63, 3.8) is 0 Å². The second-order valence-corrected chi connectivity index (χ2v) is 24.5. The smallest absolute Gasteiger partial charge is 0.462 e. The number of esters is 2. The van der Waals surface area contributed by atoms with Crippen molar-refractivity contribution >= 4 is 19.8 Å². The van der Waals surface area contributed by atoms with Crippen LogP contribution < -0.4 is 0 Å². The van der Waals surface area contributed by atoms with E-state index in [9.17, 15) is 19.0 Å². The second-order valence-electron chi connectivity index (χ2n) is 23.1. The molecule has 470 valence electrons. The molecule has 0 aliphatic heterocycles. The van der Waals surface area contributed by atoms with Gasteiger partial charge in [-0.1, -0.05) is 277 Å². The Morgan fingerprint density at radius 3 is 0.976 bits per heavy atom. The van der Waals surface area contributed by atoms with E-state index in [-0.39, 0.29) is 32.0 Å². The molecule has 0 saturated heterocycles. The summed E-state index contributed by atoms with van der Waals surface area (Å²) in [6, 6.07) is 0. The minimum absolute atomic E-state index is 0.0254. The van der Waals surface area contributed by atoms with Gasteiger partial charge in [-0.25, -0.2) is 4.57 Å². The molecule has 0 aromatic carbocycles. The van der Waals surface area contributed by atoms with E-state index in [1.165, 1.54) is 122 Å². The van der Waals surface area contributed by atoms with Gasteiger partial charge in [-0.2, -0.15) is 0 Å². The van der Waals surface area contributed by atoms with Crippen LogP contribution in [0.15, 0.2) is 122 Å². The number of nitrogens with zero attached hydrogens (tertiary/aromatic N) is 1. The summed E-state index contributed by atoms with van der Waals surface area (Å²) in [7, 11) is 1.46. The van der Waals surface area contributed by atoms with Crippen molar-refractivity contribution in [2.24, 2.45) is 0 Å². The molecule has 0 aromatic rings. The number of carbonyl (C=O) groups is 2. The molecule has 0 heterocycles. The Bertz CT molecular complexity index is 1800. The highest BCUT2D eigenvalue weighted by Crippen LogP contribution is 2.43. The molecule has 0 saturated carbocycles. The van der Waals surface area contributed by atoms with Gasteiger partial charge in [0.2, 0.25) is 0 Å². The monoisotopic (exact) mass is 1160 g/mol. The Morgan fingerprint density at radius 2 is 0.659 bits per heavy atom. The number of allylic oxidation sites excluding steroid dienone is 20. The van der Waals surface area contributed by atoms with E-state index in [2.05, 4.69) is 135 Å². The highest BCUT2D eigenvalue weighted by atomic mass is 31.2. The largest absolute Gasteiger partial charge is 0.472 e. The van der Waals surface area contributed by atoms with Crippen molar-refractivity contribution in [3.05, 3.63) is 122 Å². The van der Waals surface area contributed by atoms with Crippen LogP contribution in [0.1, 0.15) is 271 Å². The van der Waals surface area contributed by atoms with Crippen LogP contribution in [-0.4, -0.2) is 74.9 Å². The average Bonchev–Trinajstić information content (AvgIpc) is 3.46. The fraction of sp³-hybridized carbons (Fsp3) is 0.694. The van der Waals surface area contributed by atoms with E-state index in [4.69, 9.17) is 18.5 Å². The zero-order chi connectivity index (χ0) is 59.8. The second kappa shape index (κ2) is 62.0. The van der Waals surface area contributed by atoms with E-state index in [1.807, 2.05) is 21.1 Å². The molecule has 0 amide bonds. The van der Waals surface area contributed by atoms with Crippen LogP contribution in [0.4, 0.5) is 0 Å². The van der Waals surface area contributed by atoms with E-state index in [1.54, 1.807) is 0 Å².